The number of rotatable bonds is 3. The minimum Gasteiger partial charge on any atom is -0.497 e. The maximum atomic E-state index is 13.1. The molecule has 0 bridgehead atoms. The van der Waals surface area contributed by atoms with Gasteiger partial charge in [-0.05, 0) is 36.8 Å². The number of nitrogens with zero attached hydrogens (tertiary/aromatic N) is 1. The Morgan fingerprint density at radius 1 is 1.12 bits per heavy atom. The Morgan fingerprint density at radius 2 is 1.92 bits per heavy atom. The molecule has 2 heterocycles. The molecule has 1 aliphatic rings. The molecule has 1 unspecified atom stereocenters. The summed E-state index contributed by atoms with van der Waals surface area (Å²) < 4.78 is 11.1. The Bertz CT molecular complexity index is 1040. The maximum absolute atomic E-state index is 13.1. The van der Waals surface area contributed by atoms with E-state index in [0.717, 1.165) is 5.56 Å². The Labute approximate surface area is 144 Å². The predicted molar refractivity (Wildman–Crippen MR) is 94.0 cm³/mol. The molecule has 0 N–H and O–H groups in total. The monoisotopic (exact) mass is 335 g/mol. The summed E-state index contributed by atoms with van der Waals surface area (Å²) in [5.41, 5.74) is 1.51. The first-order chi connectivity index (χ1) is 12.2. The molecule has 1 aromatic heterocycles. The summed E-state index contributed by atoms with van der Waals surface area (Å²) in [5.74, 6) is 0.561. The van der Waals surface area contributed by atoms with Gasteiger partial charge in [0.1, 0.15) is 11.3 Å². The van der Waals surface area contributed by atoms with E-state index in [-0.39, 0.29) is 17.1 Å². The first kappa shape index (κ1) is 15.4. The number of methoxy groups -OCH3 is 1. The van der Waals surface area contributed by atoms with E-state index in [4.69, 9.17) is 9.15 Å². The number of amides is 1. The van der Waals surface area contributed by atoms with E-state index in [1.165, 1.54) is 0 Å². The lowest BCUT2D eigenvalue weighted by molar-refractivity contribution is 0.0737. The van der Waals surface area contributed by atoms with Gasteiger partial charge in [-0.1, -0.05) is 24.3 Å². The molecule has 126 valence electrons. The molecule has 0 saturated heterocycles. The predicted octanol–water partition coefficient (Wildman–Crippen LogP) is 3.37. The van der Waals surface area contributed by atoms with Crippen LogP contribution in [-0.4, -0.2) is 24.5 Å². The molecule has 4 rings (SSSR count). The van der Waals surface area contributed by atoms with E-state index in [1.54, 1.807) is 36.3 Å². The summed E-state index contributed by atoms with van der Waals surface area (Å²) in [6.45, 7) is 2.36. The fourth-order valence-electron chi connectivity index (χ4n) is 3.45. The summed E-state index contributed by atoms with van der Waals surface area (Å²) in [4.78, 5) is 27.6. The highest BCUT2D eigenvalue weighted by atomic mass is 16.5. The summed E-state index contributed by atoms with van der Waals surface area (Å²) in [6, 6.07) is 14.0. The molecule has 1 atom stereocenters. The van der Waals surface area contributed by atoms with Gasteiger partial charge in [0, 0.05) is 6.54 Å². The first-order valence-corrected chi connectivity index (χ1v) is 8.16. The zero-order valence-electron chi connectivity index (χ0n) is 14.0. The Kier molecular flexibility index (Phi) is 3.57. The van der Waals surface area contributed by atoms with E-state index < -0.39 is 6.04 Å². The number of carbonyl (C=O) groups excluding carboxylic acids is 1. The largest absolute Gasteiger partial charge is 0.497 e. The van der Waals surface area contributed by atoms with Crippen molar-refractivity contribution in [3.8, 4) is 5.75 Å². The second kappa shape index (κ2) is 5.77. The van der Waals surface area contributed by atoms with Crippen LogP contribution in [0.15, 0.2) is 57.7 Å². The van der Waals surface area contributed by atoms with Gasteiger partial charge in [-0.2, -0.15) is 0 Å². The normalized spacial score (nSPS) is 16.3. The van der Waals surface area contributed by atoms with E-state index in [0.29, 0.717) is 28.8 Å². The Hall–Kier alpha value is -3.08. The molecule has 5 nitrogen and oxygen atoms in total. The van der Waals surface area contributed by atoms with Crippen LogP contribution in [0.3, 0.4) is 0 Å². The van der Waals surface area contributed by atoms with Gasteiger partial charge in [0.25, 0.3) is 5.91 Å². The SMILES string of the molecule is CCN1C(=O)c2oc3ccccc3c(=O)c2C1c1cccc(OC)c1. The zero-order chi connectivity index (χ0) is 17.6. The van der Waals surface area contributed by atoms with E-state index in [9.17, 15) is 9.59 Å². The molecule has 1 aliphatic heterocycles. The van der Waals surface area contributed by atoms with Crippen LogP contribution in [0.5, 0.6) is 5.75 Å². The van der Waals surface area contributed by atoms with Gasteiger partial charge >= 0.3 is 0 Å². The van der Waals surface area contributed by atoms with Gasteiger partial charge < -0.3 is 14.1 Å². The fraction of sp³-hybridized carbons (Fsp3) is 0.200. The average Bonchev–Trinajstić information content (AvgIpc) is 2.94. The summed E-state index contributed by atoms with van der Waals surface area (Å²) in [7, 11) is 1.59. The second-order valence-corrected chi connectivity index (χ2v) is 5.94. The van der Waals surface area contributed by atoms with Crippen LogP contribution < -0.4 is 10.2 Å². The Balaban J connectivity index is 2.02. The number of benzene rings is 2. The molecule has 5 heteroatoms. The van der Waals surface area contributed by atoms with Crippen LogP contribution in [0.4, 0.5) is 0 Å². The van der Waals surface area contributed by atoms with Crippen molar-refractivity contribution >= 4 is 16.9 Å². The van der Waals surface area contributed by atoms with Gasteiger partial charge in [0.05, 0.1) is 24.1 Å². The maximum Gasteiger partial charge on any atom is 0.290 e. The van der Waals surface area contributed by atoms with Crippen molar-refractivity contribution in [2.45, 2.75) is 13.0 Å². The van der Waals surface area contributed by atoms with Gasteiger partial charge in [-0.3, -0.25) is 9.59 Å². The standard InChI is InChI=1S/C20H17NO4/c1-3-21-17(12-7-6-8-13(11-12)24-2)16-18(22)14-9-4-5-10-15(14)25-19(16)20(21)23/h4-11,17H,3H2,1-2H3. The number of hydrogen-bond acceptors (Lipinski definition) is 4. The summed E-state index contributed by atoms with van der Waals surface area (Å²) >= 11 is 0. The third-order valence-corrected chi connectivity index (χ3v) is 4.62. The highest BCUT2D eigenvalue weighted by molar-refractivity contribution is 5.99. The van der Waals surface area contributed by atoms with Crippen LogP contribution in [0.25, 0.3) is 11.0 Å². The molecule has 1 amide bonds. The molecule has 0 spiro atoms. The van der Waals surface area contributed by atoms with E-state index in [1.807, 2.05) is 31.2 Å². The van der Waals surface area contributed by atoms with Gasteiger partial charge in [0.2, 0.25) is 5.76 Å². The highest BCUT2D eigenvalue weighted by Crippen LogP contribution is 2.38. The average molecular weight is 335 g/mol. The molecule has 0 fully saturated rings. The number of hydrogen-bond donors (Lipinski definition) is 0. The molecule has 0 saturated carbocycles. The lowest BCUT2D eigenvalue weighted by Gasteiger charge is -2.23. The molecule has 25 heavy (non-hydrogen) atoms. The number of ether oxygens (including phenoxy) is 1. The molecule has 0 aliphatic carbocycles. The van der Waals surface area contributed by atoms with Crippen molar-refractivity contribution in [1.29, 1.82) is 0 Å². The summed E-state index contributed by atoms with van der Waals surface area (Å²) in [6.07, 6.45) is 0. The Morgan fingerprint density at radius 3 is 2.68 bits per heavy atom. The molecule has 0 radical (unpaired) electrons. The van der Waals surface area contributed by atoms with Crippen molar-refractivity contribution in [2.75, 3.05) is 13.7 Å². The topological polar surface area (TPSA) is 59.8 Å². The van der Waals surface area contributed by atoms with E-state index >= 15 is 0 Å². The first-order valence-electron chi connectivity index (χ1n) is 8.16. The lowest BCUT2D eigenvalue weighted by atomic mass is 9.98. The van der Waals surface area contributed by atoms with Crippen LogP contribution in [-0.2, 0) is 0 Å². The van der Waals surface area contributed by atoms with Crippen LogP contribution in [0, 0.1) is 0 Å². The van der Waals surface area contributed by atoms with Crippen molar-refractivity contribution in [2.24, 2.45) is 0 Å². The number of carbonyl (C=O) groups is 1. The zero-order valence-corrected chi connectivity index (χ0v) is 14.0. The van der Waals surface area contributed by atoms with Gasteiger partial charge in [-0.15, -0.1) is 0 Å². The third kappa shape index (κ3) is 2.23. The van der Waals surface area contributed by atoms with Crippen LogP contribution in [0.2, 0.25) is 0 Å². The minimum absolute atomic E-state index is 0.137. The van der Waals surface area contributed by atoms with Gasteiger partial charge in [0.15, 0.2) is 5.43 Å². The number of fused-ring (bicyclic) bond motifs is 2. The van der Waals surface area contributed by atoms with Crippen LogP contribution >= 0.6 is 0 Å². The highest BCUT2D eigenvalue weighted by Gasteiger charge is 2.41. The molecular formula is C20H17NO4. The minimum atomic E-state index is -0.469. The number of para-hydroxylation sites is 1. The van der Waals surface area contributed by atoms with Crippen LogP contribution in [0.1, 0.15) is 34.6 Å². The molecular weight excluding hydrogens is 318 g/mol. The smallest absolute Gasteiger partial charge is 0.290 e. The fourth-order valence-corrected chi connectivity index (χ4v) is 3.45. The summed E-state index contributed by atoms with van der Waals surface area (Å²) in [5, 5.41) is 0.486. The second-order valence-electron chi connectivity index (χ2n) is 5.94. The van der Waals surface area contributed by atoms with Crippen molar-refractivity contribution < 1.29 is 13.9 Å². The van der Waals surface area contributed by atoms with Crippen molar-refractivity contribution in [1.82, 2.24) is 4.90 Å². The third-order valence-electron chi connectivity index (χ3n) is 4.62. The van der Waals surface area contributed by atoms with Crippen molar-refractivity contribution in [3.05, 3.63) is 75.6 Å². The molecule has 3 aromatic rings. The van der Waals surface area contributed by atoms with Crippen molar-refractivity contribution in [3.63, 3.8) is 0 Å². The van der Waals surface area contributed by atoms with E-state index in [2.05, 4.69) is 0 Å². The lowest BCUT2D eigenvalue weighted by Crippen LogP contribution is -2.29. The quantitative estimate of drug-likeness (QED) is 0.736. The molecule has 2 aromatic carbocycles. The van der Waals surface area contributed by atoms with Gasteiger partial charge in [-0.25, -0.2) is 0 Å².